The number of aryl methyl sites for hydroxylation is 2. The van der Waals surface area contributed by atoms with E-state index in [4.69, 9.17) is 0 Å². The summed E-state index contributed by atoms with van der Waals surface area (Å²) in [5, 5.41) is 0. The zero-order valence-corrected chi connectivity index (χ0v) is 18.4. The molecule has 1 aromatic heterocycles. The number of hydrogen-bond donors (Lipinski definition) is 1. The fraction of sp³-hybridized carbons (Fsp3) is 0.0909. The van der Waals surface area contributed by atoms with E-state index in [0.717, 1.165) is 4.90 Å². The SMILES string of the molecule is Cn1c(=O)c(=O)n(C)c2cc(Sc3ccccc3)c(NS(=O)(=O)c3ccccc3)cc21. The molecule has 31 heavy (non-hydrogen) atoms. The maximum atomic E-state index is 13.0. The van der Waals surface area contributed by atoms with Gasteiger partial charge in [0.05, 0.1) is 21.6 Å². The van der Waals surface area contributed by atoms with E-state index < -0.39 is 21.1 Å². The van der Waals surface area contributed by atoms with Crippen LogP contribution in [0.3, 0.4) is 0 Å². The summed E-state index contributed by atoms with van der Waals surface area (Å²) in [5.41, 5.74) is -0.0547. The van der Waals surface area contributed by atoms with Crippen molar-refractivity contribution in [1.82, 2.24) is 9.13 Å². The summed E-state index contributed by atoms with van der Waals surface area (Å²) >= 11 is 1.36. The molecule has 0 radical (unpaired) electrons. The van der Waals surface area contributed by atoms with E-state index in [0.29, 0.717) is 21.6 Å². The lowest BCUT2D eigenvalue weighted by Crippen LogP contribution is -2.39. The van der Waals surface area contributed by atoms with Crippen LogP contribution in [-0.2, 0) is 24.1 Å². The van der Waals surface area contributed by atoms with Crippen LogP contribution in [0, 0.1) is 0 Å². The summed E-state index contributed by atoms with van der Waals surface area (Å²) in [4.78, 5) is 26.2. The van der Waals surface area contributed by atoms with Gasteiger partial charge in [0.2, 0.25) is 0 Å². The maximum Gasteiger partial charge on any atom is 0.316 e. The van der Waals surface area contributed by atoms with E-state index in [2.05, 4.69) is 4.72 Å². The number of anilines is 1. The van der Waals surface area contributed by atoms with Gasteiger partial charge < -0.3 is 9.13 Å². The topological polar surface area (TPSA) is 90.2 Å². The van der Waals surface area contributed by atoms with Crippen LogP contribution in [0.1, 0.15) is 0 Å². The second-order valence-corrected chi connectivity index (χ2v) is 9.70. The lowest BCUT2D eigenvalue weighted by Gasteiger charge is -2.16. The Kier molecular flexibility index (Phi) is 5.47. The third-order valence-electron chi connectivity index (χ3n) is 4.86. The first kappa shape index (κ1) is 21.0. The summed E-state index contributed by atoms with van der Waals surface area (Å²) in [6.45, 7) is 0. The minimum atomic E-state index is -3.86. The average Bonchev–Trinajstić information content (AvgIpc) is 2.78. The molecule has 0 fully saturated rings. The summed E-state index contributed by atoms with van der Waals surface area (Å²) < 4.78 is 31.1. The van der Waals surface area contributed by atoms with Crippen molar-refractivity contribution in [2.45, 2.75) is 14.7 Å². The van der Waals surface area contributed by atoms with Gasteiger partial charge in [-0.25, -0.2) is 8.42 Å². The second kappa shape index (κ2) is 8.09. The molecule has 1 heterocycles. The Morgan fingerprint density at radius 3 is 1.87 bits per heavy atom. The van der Waals surface area contributed by atoms with Crippen LogP contribution < -0.4 is 15.8 Å². The standard InChI is InChI=1S/C22H19N3O4S2/c1-24-18-13-17(23-31(28,29)16-11-7-4-8-12-16)20(30-15-9-5-3-6-10-15)14-19(18)25(2)22(27)21(24)26/h3-14,23H,1-2H3. The van der Waals surface area contributed by atoms with Crippen molar-refractivity contribution in [3.8, 4) is 0 Å². The molecule has 0 bridgehead atoms. The Bertz CT molecular complexity index is 1490. The Balaban J connectivity index is 1.94. The fourth-order valence-corrected chi connectivity index (χ4v) is 5.28. The molecule has 0 saturated carbocycles. The highest BCUT2D eigenvalue weighted by atomic mass is 32.2. The van der Waals surface area contributed by atoms with Gasteiger partial charge in [-0.3, -0.25) is 14.3 Å². The number of aromatic nitrogens is 2. The van der Waals surface area contributed by atoms with Crippen molar-refractivity contribution in [1.29, 1.82) is 0 Å². The van der Waals surface area contributed by atoms with Gasteiger partial charge >= 0.3 is 11.1 Å². The third kappa shape index (κ3) is 4.01. The highest BCUT2D eigenvalue weighted by Gasteiger charge is 2.19. The van der Waals surface area contributed by atoms with Crippen molar-refractivity contribution in [3.63, 3.8) is 0 Å². The lowest BCUT2D eigenvalue weighted by atomic mass is 10.2. The first-order valence-corrected chi connectivity index (χ1v) is 11.6. The lowest BCUT2D eigenvalue weighted by molar-refractivity contribution is 0.601. The molecule has 0 aliphatic rings. The number of hydrogen-bond acceptors (Lipinski definition) is 5. The predicted molar refractivity (Wildman–Crippen MR) is 122 cm³/mol. The van der Waals surface area contributed by atoms with E-state index in [1.165, 1.54) is 47.1 Å². The molecule has 0 aliphatic carbocycles. The van der Waals surface area contributed by atoms with Gasteiger partial charge in [-0.05, 0) is 36.4 Å². The molecule has 1 N–H and O–H groups in total. The Hall–Kier alpha value is -3.30. The maximum absolute atomic E-state index is 13.0. The molecule has 4 aromatic rings. The smallest absolute Gasteiger partial charge is 0.305 e. The van der Waals surface area contributed by atoms with Gasteiger partial charge in [-0.1, -0.05) is 48.2 Å². The van der Waals surface area contributed by atoms with Gasteiger partial charge in [0.25, 0.3) is 10.0 Å². The van der Waals surface area contributed by atoms with Crippen LogP contribution in [0.25, 0.3) is 11.0 Å². The van der Waals surface area contributed by atoms with Gasteiger partial charge in [-0.2, -0.15) is 0 Å². The van der Waals surface area contributed by atoms with Crippen molar-refractivity contribution in [3.05, 3.63) is 93.5 Å². The molecule has 0 saturated heterocycles. The molecule has 4 rings (SSSR count). The van der Waals surface area contributed by atoms with Crippen LogP contribution in [0.15, 0.2) is 97.1 Å². The highest BCUT2D eigenvalue weighted by Crippen LogP contribution is 2.37. The van der Waals surface area contributed by atoms with Crippen molar-refractivity contribution < 1.29 is 8.42 Å². The fourth-order valence-electron chi connectivity index (χ4n) is 3.18. The van der Waals surface area contributed by atoms with Crippen LogP contribution in [-0.4, -0.2) is 17.6 Å². The van der Waals surface area contributed by atoms with E-state index in [1.54, 1.807) is 30.3 Å². The van der Waals surface area contributed by atoms with Crippen LogP contribution in [0.2, 0.25) is 0 Å². The number of nitrogens with zero attached hydrogens (tertiary/aromatic N) is 2. The molecular weight excluding hydrogens is 434 g/mol. The average molecular weight is 454 g/mol. The molecule has 9 heteroatoms. The zero-order chi connectivity index (χ0) is 22.2. The predicted octanol–water partition coefficient (Wildman–Crippen LogP) is 3.19. The van der Waals surface area contributed by atoms with E-state index in [9.17, 15) is 18.0 Å². The molecule has 0 aliphatic heterocycles. The molecular formula is C22H19N3O4S2. The van der Waals surface area contributed by atoms with E-state index in [-0.39, 0.29) is 4.90 Å². The first-order valence-electron chi connectivity index (χ1n) is 9.32. The highest BCUT2D eigenvalue weighted by molar-refractivity contribution is 7.99. The minimum absolute atomic E-state index is 0.125. The third-order valence-corrected chi connectivity index (χ3v) is 7.31. The Morgan fingerprint density at radius 2 is 1.29 bits per heavy atom. The van der Waals surface area contributed by atoms with Crippen molar-refractivity contribution in [2.75, 3.05) is 4.72 Å². The van der Waals surface area contributed by atoms with Gasteiger partial charge in [0, 0.05) is 23.9 Å². The van der Waals surface area contributed by atoms with Gasteiger partial charge in [-0.15, -0.1) is 0 Å². The first-order chi connectivity index (χ1) is 14.8. The summed E-state index contributed by atoms with van der Waals surface area (Å²) in [6.07, 6.45) is 0. The Labute approximate surface area is 183 Å². The zero-order valence-electron chi connectivity index (χ0n) is 16.8. The van der Waals surface area contributed by atoms with Crippen LogP contribution in [0.4, 0.5) is 5.69 Å². The summed E-state index contributed by atoms with van der Waals surface area (Å²) in [6, 6.07) is 20.8. The number of benzene rings is 3. The number of nitrogens with one attached hydrogen (secondary N) is 1. The van der Waals surface area contributed by atoms with E-state index in [1.807, 2.05) is 30.3 Å². The van der Waals surface area contributed by atoms with Crippen molar-refractivity contribution in [2.24, 2.45) is 14.1 Å². The van der Waals surface area contributed by atoms with Gasteiger partial charge in [0.1, 0.15) is 0 Å². The number of sulfonamides is 1. The van der Waals surface area contributed by atoms with E-state index >= 15 is 0 Å². The quantitative estimate of drug-likeness (QED) is 0.469. The number of rotatable bonds is 5. The monoisotopic (exact) mass is 453 g/mol. The molecule has 0 amide bonds. The second-order valence-electron chi connectivity index (χ2n) is 6.90. The minimum Gasteiger partial charge on any atom is -0.305 e. The molecule has 0 unspecified atom stereocenters. The molecule has 158 valence electrons. The largest absolute Gasteiger partial charge is 0.316 e. The summed E-state index contributed by atoms with van der Waals surface area (Å²) in [5.74, 6) is 0. The van der Waals surface area contributed by atoms with Crippen molar-refractivity contribution >= 4 is 38.5 Å². The molecule has 0 atom stereocenters. The summed E-state index contributed by atoms with van der Waals surface area (Å²) in [7, 11) is -0.841. The number of fused-ring (bicyclic) bond motifs is 1. The van der Waals surface area contributed by atoms with Crippen LogP contribution >= 0.6 is 11.8 Å². The Morgan fingerprint density at radius 1 is 0.774 bits per heavy atom. The molecule has 0 spiro atoms. The molecule has 3 aromatic carbocycles. The van der Waals surface area contributed by atoms with Crippen LogP contribution in [0.5, 0.6) is 0 Å². The van der Waals surface area contributed by atoms with Gasteiger partial charge in [0.15, 0.2) is 0 Å². The molecule has 7 nitrogen and oxygen atoms in total. The normalized spacial score (nSPS) is 11.5.